The zero-order chi connectivity index (χ0) is 19.2. The summed E-state index contributed by atoms with van der Waals surface area (Å²) in [6, 6.07) is 0.999. The molecule has 1 aliphatic carbocycles. The van der Waals surface area contributed by atoms with Gasteiger partial charge < -0.3 is 11.1 Å². The van der Waals surface area contributed by atoms with E-state index in [2.05, 4.69) is 10.4 Å². The summed E-state index contributed by atoms with van der Waals surface area (Å²) in [4.78, 5) is 24.8. The minimum atomic E-state index is -4.56. The summed E-state index contributed by atoms with van der Waals surface area (Å²) in [5.41, 5.74) is 5.65. The van der Waals surface area contributed by atoms with Gasteiger partial charge in [0, 0.05) is 16.5 Å². The van der Waals surface area contributed by atoms with E-state index in [1.54, 1.807) is 13.8 Å². The zero-order valence-corrected chi connectivity index (χ0v) is 14.9. The third-order valence-electron chi connectivity index (χ3n) is 4.28. The van der Waals surface area contributed by atoms with Crippen molar-refractivity contribution in [2.24, 2.45) is 5.73 Å². The fraction of sp³-hybridized carbons (Fsp3) is 0.438. The largest absolute Gasteiger partial charge is 0.435 e. The van der Waals surface area contributed by atoms with E-state index in [1.807, 2.05) is 0 Å². The number of aromatic nitrogens is 2. The molecule has 0 atom stereocenters. The zero-order valence-electron chi connectivity index (χ0n) is 14.1. The first kappa shape index (κ1) is 18.4. The number of nitrogens with zero attached hydrogens (tertiary/aromatic N) is 2. The highest BCUT2D eigenvalue weighted by molar-refractivity contribution is 7.16. The molecule has 0 spiro atoms. The third-order valence-corrected chi connectivity index (χ3v) is 5.40. The van der Waals surface area contributed by atoms with Crippen molar-refractivity contribution in [1.29, 1.82) is 0 Å². The van der Waals surface area contributed by atoms with E-state index in [-0.39, 0.29) is 18.0 Å². The Morgan fingerprint density at radius 3 is 2.58 bits per heavy atom. The SMILES string of the molecule is Cc1sc(NC(=O)Cn2nc(C(F)(F)F)cc2C2CC2)c(C(N)=O)c1C. The summed E-state index contributed by atoms with van der Waals surface area (Å²) < 4.78 is 39.8. The molecule has 3 rings (SSSR count). The Hall–Kier alpha value is -2.36. The van der Waals surface area contributed by atoms with Crippen molar-refractivity contribution in [2.75, 3.05) is 5.32 Å². The lowest BCUT2D eigenvalue weighted by Crippen LogP contribution is -2.22. The molecule has 1 saturated carbocycles. The molecule has 1 aliphatic rings. The Labute approximate surface area is 151 Å². The fourth-order valence-electron chi connectivity index (χ4n) is 2.72. The average Bonchev–Trinajstić information content (AvgIpc) is 3.19. The van der Waals surface area contributed by atoms with Gasteiger partial charge in [-0.05, 0) is 38.3 Å². The maximum absolute atomic E-state index is 12.9. The average molecular weight is 386 g/mol. The van der Waals surface area contributed by atoms with E-state index in [0.29, 0.717) is 16.3 Å². The van der Waals surface area contributed by atoms with Crippen molar-refractivity contribution >= 4 is 28.2 Å². The standard InChI is InChI=1S/C16H17F3N4O2S/c1-7-8(2)26-15(13(7)14(20)25)21-12(24)6-23-10(9-3-4-9)5-11(22-23)16(17,18)19/h5,9H,3-4,6H2,1-2H3,(H2,20,25)(H,21,24). The number of aryl methyl sites for hydroxylation is 1. The van der Waals surface area contributed by atoms with E-state index < -0.39 is 23.7 Å². The van der Waals surface area contributed by atoms with Crippen molar-refractivity contribution in [3.05, 3.63) is 33.5 Å². The van der Waals surface area contributed by atoms with Crippen molar-refractivity contribution < 1.29 is 22.8 Å². The number of halogens is 3. The molecule has 0 aromatic carbocycles. The molecule has 2 aromatic heterocycles. The van der Waals surface area contributed by atoms with Crippen LogP contribution in [0.25, 0.3) is 0 Å². The quantitative estimate of drug-likeness (QED) is 0.827. The van der Waals surface area contributed by atoms with Crippen LogP contribution in [0.2, 0.25) is 0 Å². The maximum Gasteiger partial charge on any atom is 0.435 e. The normalized spacial score (nSPS) is 14.5. The number of rotatable bonds is 5. The lowest BCUT2D eigenvalue weighted by molar-refractivity contribution is -0.141. The minimum Gasteiger partial charge on any atom is -0.365 e. The number of hydrogen-bond acceptors (Lipinski definition) is 4. The van der Waals surface area contributed by atoms with Crippen LogP contribution in [0.4, 0.5) is 18.2 Å². The van der Waals surface area contributed by atoms with E-state index in [9.17, 15) is 22.8 Å². The number of primary amides is 1. The van der Waals surface area contributed by atoms with E-state index in [0.717, 1.165) is 28.5 Å². The number of carbonyl (C=O) groups excluding carboxylic acids is 2. The molecule has 3 N–H and O–H groups in total. The van der Waals surface area contributed by atoms with Gasteiger partial charge in [-0.2, -0.15) is 18.3 Å². The van der Waals surface area contributed by atoms with Gasteiger partial charge in [-0.15, -0.1) is 11.3 Å². The van der Waals surface area contributed by atoms with Crippen LogP contribution in [0.1, 0.15) is 50.9 Å². The van der Waals surface area contributed by atoms with Crippen LogP contribution in [0, 0.1) is 13.8 Å². The Bertz CT molecular complexity index is 881. The number of nitrogens with two attached hydrogens (primary N) is 1. The smallest absolute Gasteiger partial charge is 0.365 e. The summed E-state index contributed by atoms with van der Waals surface area (Å²) in [5, 5.41) is 6.42. The first-order valence-electron chi connectivity index (χ1n) is 7.92. The molecule has 140 valence electrons. The van der Waals surface area contributed by atoms with E-state index in [1.165, 1.54) is 11.3 Å². The molecule has 0 radical (unpaired) electrons. The number of nitrogens with one attached hydrogen (secondary N) is 1. The van der Waals surface area contributed by atoms with Crippen LogP contribution < -0.4 is 11.1 Å². The van der Waals surface area contributed by atoms with Crippen LogP contribution in [-0.4, -0.2) is 21.6 Å². The van der Waals surface area contributed by atoms with Gasteiger partial charge in [0.05, 0.1) is 5.56 Å². The molecule has 1 fully saturated rings. The molecule has 0 aliphatic heterocycles. The molecule has 0 unspecified atom stereocenters. The minimum absolute atomic E-state index is 0.00110. The van der Waals surface area contributed by atoms with Gasteiger partial charge in [0.15, 0.2) is 5.69 Å². The molecule has 0 bridgehead atoms. The Kier molecular flexibility index (Phi) is 4.55. The fourth-order valence-corrected chi connectivity index (χ4v) is 3.80. The number of amides is 2. The number of thiophene rings is 1. The van der Waals surface area contributed by atoms with Crippen molar-refractivity contribution in [3.63, 3.8) is 0 Å². The predicted octanol–water partition coefficient (Wildman–Crippen LogP) is 3.20. The molecule has 2 amide bonds. The second kappa shape index (κ2) is 6.42. The monoisotopic (exact) mass is 386 g/mol. The van der Waals surface area contributed by atoms with E-state index in [4.69, 9.17) is 5.73 Å². The van der Waals surface area contributed by atoms with Gasteiger partial charge >= 0.3 is 6.18 Å². The van der Waals surface area contributed by atoms with Crippen LogP contribution in [0.5, 0.6) is 0 Å². The van der Waals surface area contributed by atoms with Gasteiger partial charge in [0.25, 0.3) is 5.91 Å². The number of carbonyl (C=O) groups is 2. The predicted molar refractivity (Wildman–Crippen MR) is 90.1 cm³/mol. The first-order valence-corrected chi connectivity index (χ1v) is 8.74. The van der Waals surface area contributed by atoms with Crippen LogP contribution >= 0.6 is 11.3 Å². The lowest BCUT2D eigenvalue weighted by atomic mass is 10.1. The molecule has 10 heteroatoms. The number of hydrogen-bond donors (Lipinski definition) is 2. The van der Waals surface area contributed by atoms with Gasteiger partial charge in [-0.1, -0.05) is 0 Å². The van der Waals surface area contributed by atoms with Gasteiger partial charge in [0.1, 0.15) is 11.5 Å². The summed E-state index contributed by atoms with van der Waals surface area (Å²) in [5.74, 6) is -1.23. The molecular formula is C16H17F3N4O2S. The summed E-state index contributed by atoms with van der Waals surface area (Å²) in [7, 11) is 0. The van der Waals surface area contributed by atoms with Gasteiger partial charge in [-0.3, -0.25) is 14.3 Å². The topological polar surface area (TPSA) is 90.0 Å². The number of alkyl halides is 3. The molecule has 2 heterocycles. The van der Waals surface area contributed by atoms with Gasteiger partial charge in [-0.25, -0.2) is 0 Å². The first-order chi connectivity index (χ1) is 12.1. The van der Waals surface area contributed by atoms with Crippen molar-refractivity contribution in [1.82, 2.24) is 9.78 Å². The Balaban J connectivity index is 1.82. The van der Waals surface area contributed by atoms with Crippen molar-refractivity contribution in [2.45, 2.75) is 45.3 Å². The van der Waals surface area contributed by atoms with Crippen molar-refractivity contribution in [3.8, 4) is 0 Å². The molecular weight excluding hydrogens is 369 g/mol. The Morgan fingerprint density at radius 2 is 2.04 bits per heavy atom. The summed E-state index contributed by atoms with van der Waals surface area (Å²) >= 11 is 1.20. The second-order valence-electron chi connectivity index (χ2n) is 6.28. The summed E-state index contributed by atoms with van der Waals surface area (Å²) in [6.45, 7) is 3.14. The van der Waals surface area contributed by atoms with Gasteiger partial charge in [0.2, 0.25) is 5.91 Å². The maximum atomic E-state index is 12.9. The molecule has 26 heavy (non-hydrogen) atoms. The molecule has 2 aromatic rings. The van der Waals surface area contributed by atoms with Crippen LogP contribution in [0.15, 0.2) is 6.07 Å². The highest BCUT2D eigenvalue weighted by Gasteiger charge is 2.38. The van der Waals surface area contributed by atoms with Crippen LogP contribution in [0.3, 0.4) is 0 Å². The van der Waals surface area contributed by atoms with Crippen LogP contribution in [-0.2, 0) is 17.5 Å². The Morgan fingerprint density at radius 1 is 1.38 bits per heavy atom. The molecule has 6 nitrogen and oxygen atoms in total. The third kappa shape index (κ3) is 3.59. The highest BCUT2D eigenvalue weighted by atomic mass is 32.1. The highest BCUT2D eigenvalue weighted by Crippen LogP contribution is 2.42. The number of anilines is 1. The second-order valence-corrected chi connectivity index (χ2v) is 7.51. The molecule has 0 saturated heterocycles. The van der Waals surface area contributed by atoms with E-state index >= 15 is 0 Å². The summed E-state index contributed by atoms with van der Waals surface area (Å²) in [6.07, 6.45) is -3.01. The lowest BCUT2D eigenvalue weighted by Gasteiger charge is -2.08.